The summed E-state index contributed by atoms with van der Waals surface area (Å²) in [5.41, 5.74) is 4.94. The fourth-order valence-electron chi connectivity index (χ4n) is 4.59. The molecule has 1 aromatic carbocycles. The average molecular weight is 523 g/mol. The third-order valence-corrected chi connectivity index (χ3v) is 9.45. The van der Waals surface area contributed by atoms with Gasteiger partial charge in [-0.05, 0) is 30.4 Å². The van der Waals surface area contributed by atoms with Crippen LogP contribution in [0, 0.1) is 16.2 Å². The highest BCUT2D eigenvalue weighted by atomic mass is 79.9. The number of nitrogens with one attached hydrogen (secondary N) is 2. The van der Waals surface area contributed by atoms with Crippen molar-refractivity contribution in [2.75, 3.05) is 0 Å². The predicted molar refractivity (Wildman–Crippen MR) is 104 cm³/mol. The van der Waals surface area contributed by atoms with Crippen molar-refractivity contribution in [3.8, 4) is 0 Å². The Morgan fingerprint density at radius 3 is 2.25 bits per heavy atom. The van der Waals surface area contributed by atoms with Crippen LogP contribution in [0.2, 0.25) is 0 Å². The van der Waals surface area contributed by atoms with Gasteiger partial charge in [0.05, 0.1) is 9.15 Å². The topological polar surface area (TPSA) is 58.2 Å². The first kappa shape index (κ1) is 18.4. The first-order valence-electron chi connectivity index (χ1n) is 7.80. The molecule has 0 aromatic heterocycles. The maximum absolute atomic E-state index is 12.9. The van der Waals surface area contributed by atoms with E-state index in [1.165, 1.54) is 0 Å². The van der Waals surface area contributed by atoms with Crippen LogP contribution in [-0.2, 0) is 4.79 Å². The number of hydrogen-bond donors (Lipinski definition) is 2. The largest absolute Gasteiger partial charge is 0.273 e. The molecule has 4 nitrogen and oxygen atoms in total. The van der Waals surface area contributed by atoms with Gasteiger partial charge in [-0.3, -0.25) is 20.4 Å². The number of benzene rings is 1. The van der Waals surface area contributed by atoms with Crippen LogP contribution in [0.25, 0.3) is 0 Å². The van der Waals surface area contributed by atoms with E-state index in [2.05, 4.69) is 72.5 Å². The highest BCUT2D eigenvalue weighted by Gasteiger charge is 2.83. The Kier molecular flexibility index (Phi) is 4.67. The van der Waals surface area contributed by atoms with Gasteiger partial charge in [0.25, 0.3) is 5.91 Å². The minimum absolute atomic E-state index is 0.0339. The second kappa shape index (κ2) is 6.09. The zero-order valence-electron chi connectivity index (χ0n) is 13.4. The number of amides is 2. The zero-order chi connectivity index (χ0) is 17.8. The second-order valence-corrected chi connectivity index (χ2v) is 11.1. The lowest BCUT2D eigenvalue weighted by atomic mass is 9.43. The maximum atomic E-state index is 12.9. The SMILES string of the molecule is CC1(C)C2(C(=O)NNC(=O)c3ccccc3)CCC1(C(Br)Br)C2Br. The molecule has 0 saturated heterocycles. The van der Waals surface area contributed by atoms with E-state index in [1.54, 1.807) is 24.3 Å². The fraction of sp³-hybridized carbons (Fsp3) is 0.529. The van der Waals surface area contributed by atoms with Gasteiger partial charge >= 0.3 is 0 Å². The van der Waals surface area contributed by atoms with Crippen molar-refractivity contribution in [3.05, 3.63) is 35.9 Å². The normalized spacial score (nSPS) is 33.0. The molecule has 130 valence electrons. The molecule has 0 heterocycles. The fourth-order valence-corrected chi connectivity index (χ4v) is 9.50. The number of alkyl halides is 3. The summed E-state index contributed by atoms with van der Waals surface area (Å²) in [5.74, 6) is -0.445. The lowest BCUT2D eigenvalue weighted by molar-refractivity contribution is -0.162. The first-order chi connectivity index (χ1) is 11.2. The molecule has 0 spiro atoms. The van der Waals surface area contributed by atoms with Crippen molar-refractivity contribution in [3.63, 3.8) is 0 Å². The van der Waals surface area contributed by atoms with Gasteiger partial charge in [0.15, 0.2) is 0 Å². The molecule has 7 heteroatoms. The summed E-state index contributed by atoms with van der Waals surface area (Å²) in [6.07, 6.45) is 1.73. The Hall–Kier alpha value is -0.400. The number of halogens is 3. The standard InChI is InChI=1S/C17H19Br3N2O2/c1-15(2)16(13(19)20)8-9-17(15,12(16)18)14(24)22-21-11(23)10-6-4-3-5-7-10/h3-7,12-13H,8-9H2,1-2H3,(H,21,23)(H,22,24). The first-order valence-corrected chi connectivity index (χ1v) is 10.5. The summed E-state index contributed by atoms with van der Waals surface area (Å²) in [6, 6.07) is 8.84. The maximum Gasteiger partial charge on any atom is 0.269 e. The van der Waals surface area contributed by atoms with Crippen LogP contribution in [0.1, 0.15) is 37.0 Å². The van der Waals surface area contributed by atoms with Gasteiger partial charge in [0.1, 0.15) is 0 Å². The number of carbonyl (C=O) groups excluding carboxylic acids is 2. The lowest BCUT2D eigenvalue weighted by Crippen LogP contribution is -2.72. The van der Waals surface area contributed by atoms with E-state index in [0.717, 1.165) is 12.8 Å². The summed E-state index contributed by atoms with van der Waals surface area (Å²) < 4.78 is 0.124. The highest BCUT2D eigenvalue weighted by Crippen LogP contribution is 2.82. The van der Waals surface area contributed by atoms with E-state index < -0.39 is 5.41 Å². The molecule has 0 radical (unpaired) electrons. The zero-order valence-corrected chi connectivity index (χ0v) is 18.2. The molecule has 3 atom stereocenters. The Morgan fingerprint density at radius 1 is 1.12 bits per heavy atom. The minimum Gasteiger partial charge on any atom is -0.273 e. The molecule has 4 rings (SSSR count). The number of fused-ring (bicyclic) bond motifs is 1. The monoisotopic (exact) mass is 520 g/mol. The van der Waals surface area contributed by atoms with E-state index in [-0.39, 0.29) is 31.2 Å². The van der Waals surface area contributed by atoms with Gasteiger partial charge in [-0.2, -0.15) is 0 Å². The third kappa shape index (κ3) is 2.13. The molecule has 3 unspecified atom stereocenters. The van der Waals surface area contributed by atoms with Crippen LogP contribution in [0.3, 0.4) is 0 Å². The van der Waals surface area contributed by atoms with Crippen molar-refractivity contribution in [1.29, 1.82) is 0 Å². The Labute approximate surface area is 166 Å². The van der Waals surface area contributed by atoms with Gasteiger partial charge in [0, 0.05) is 15.8 Å². The van der Waals surface area contributed by atoms with Crippen molar-refractivity contribution in [1.82, 2.24) is 10.9 Å². The van der Waals surface area contributed by atoms with Crippen LogP contribution in [-0.4, -0.2) is 20.4 Å². The molecule has 1 aromatic rings. The number of rotatable bonds is 3. The molecule has 3 aliphatic carbocycles. The average Bonchev–Trinajstić information content (AvgIpc) is 3.03. The molecular weight excluding hydrogens is 504 g/mol. The van der Waals surface area contributed by atoms with E-state index in [9.17, 15) is 9.59 Å². The van der Waals surface area contributed by atoms with E-state index >= 15 is 0 Å². The van der Waals surface area contributed by atoms with Crippen LogP contribution in [0.5, 0.6) is 0 Å². The summed E-state index contributed by atoms with van der Waals surface area (Å²) in [6.45, 7) is 4.26. The molecule has 24 heavy (non-hydrogen) atoms. The minimum atomic E-state index is -0.531. The Bertz CT molecular complexity index is 680. The van der Waals surface area contributed by atoms with Gasteiger partial charge in [-0.1, -0.05) is 79.8 Å². The molecule has 3 saturated carbocycles. The van der Waals surface area contributed by atoms with Gasteiger partial charge < -0.3 is 0 Å². The number of hydrogen-bond acceptors (Lipinski definition) is 2. The highest BCUT2D eigenvalue weighted by molar-refractivity contribution is 9.24. The predicted octanol–water partition coefficient (Wildman–Crippen LogP) is 4.13. The van der Waals surface area contributed by atoms with Gasteiger partial charge in [-0.15, -0.1) is 0 Å². The summed E-state index contributed by atoms with van der Waals surface area (Å²) in [7, 11) is 0. The Morgan fingerprint density at radius 2 is 1.75 bits per heavy atom. The summed E-state index contributed by atoms with van der Waals surface area (Å²) >= 11 is 11.1. The molecule has 2 N–H and O–H groups in total. The Balaban J connectivity index is 1.74. The van der Waals surface area contributed by atoms with Crippen LogP contribution < -0.4 is 10.9 Å². The second-order valence-electron chi connectivity index (χ2n) is 7.07. The van der Waals surface area contributed by atoms with Crippen LogP contribution in [0.15, 0.2) is 30.3 Å². The summed E-state index contributed by atoms with van der Waals surface area (Å²) in [4.78, 5) is 25.1. The van der Waals surface area contributed by atoms with Crippen molar-refractivity contribution >= 4 is 59.6 Å². The van der Waals surface area contributed by atoms with Gasteiger partial charge in [-0.25, -0.2) is 0 Å². The molecular formula is C17H19Br3N2O2. The van der Waals surface area contributed by atoms with E-state index in [1.807, 2.05) is 6.07 Å². The quantitative estimate of drug-likeness (QED) is 0.463. The molecule has 3 aliphatic rings. The summed E-state index contributed by atoms with van der Waals surface area (Å²) in [5, 5.41) is 0. The molecule has 2 bridgehead atoms. The lowest BCUT2D eigenvalue weighted by Gasteiger charge is -2.66. The number of hydrazine groups is 1. The molecule has 2 amide bonds. The smallest absolute Gasteiger partial charge is 0.269 e. The van der Waals surface area contributed by atoms with Crippen molar-refractivity contribution in [2.45, 2.75) is 35.3 Å². The number of carbonyl (C=O) groups is 2. The molecule has 0 aliphatic heterocycles. The van der Waals surface area contributed by atoms with Crippen molar-refractivity contribution in [2.24, 2.45) is 16.2 Å². The van der Waals surface area contributed by atoms with E-state index in [4.69, 9.17) is 0 Å². The molecule has 3 fully saturated rings. The van der Waals surface area contributed by atoms with Crippen molar-refractivity contribution < 1.29 is 9.59 Å². The third-order valence-electron chi connectivity index (χ3n) is 6.22. The van der Waals surface area contributed by atoms with E-state index in [0.29, 0.717) is 5.56 Å². The van der Waals surface area contributed by atoms with Crippen LogP contribution in [0.4, 0.5) is 0 Å². The van der Waals surface area contributed by atoms with Crippen LogP contribution >= 0.6 is 47.8 Å². The van der Waals surface area contributed by atoms with Gasteiger partial charge in [0.2, 0.25) is 5.91 Å².